The topological polar surface area (TPSA) is 41.1 Å². The zero-order chi connectivity index (χ0) is 15.9. The van der Waals surface area contributed by atoms with Crippen LogP contribution in [0.4, 0.5) is 0 Å². The average molecular weight is 330 g/mol. The van der Waals surface area contributed by atoms with Crippen LogP contribution in [0, 0.1) is 18.3 Å². The Hall–Kier alpha value is -2.02. The largest absolute Gasteiger partial charge is 0.299 e. The van der Waals surface area contributed by atoms with Crippen LogP contribution in [0.15, 0.2) is 36.4 Å². The number of hydrogen-bond acceptors (Lipinski definition) is 2. The van der Waals surface area contributed by atoms with Crippen molar-refractivity contribution in [2.75, 3.05) is 0 Å². The number of pyridine rings is 1. The molecule has 2 aromatic heterocycles. The van der Waals surface area contributed by atoms with Crippen LogP contribution >= 0.6 is 23.2 Å². The van der Waals surface area contributed by atoms with Gasteiger partial charge in [-0.15, -0.1) is 0 Å². The highest BCUT2D eigenvalue weighted by Gasteiger charge is 2.21. The molecule has 0 saturated heterocycles. The zero-order valence-electron chi connectivity index (χ0n) is 12.1. The molecule has 0 aliphatic heterocycles. The lowest BCUT2D eigenvalue weighted by atomic mass is 10.0. The van der Waals surface area contributed by atoms with Gasteiger partial charge in [-0.25, -0.2) is 4.98 Å². The Kier molecular flexibility index (Phi) is 3.82. The molecule has 0 aliphatic carbocycles. The molecule has 0 N–H and O–H groups in total. The summed E-state index contributed by atoms with van der Waals surface area (Å²) in [6, 6.07) is 13.5. The van der Waals surface area contributed by atoms with Crippen LogP contribution in [-0.2, 0) is 0 Å². The highest BCUT2D eigenvalue weighted by atomic mass is 35.5. The molecule has 5 heteroatoms. The average Bonchev–Trinajstić information content (AvgIpc) is 2.87. The number of imidazole rings is 1. The lowest BCUT2D eigenvalue weighted by Crippen LogP contribution is -2.01. The molecule has 0 fully saturated rings. The summed E-state index contributed by atoms with van der Waals surface area (Å²) < 4.78 is 2.01. The Morgan fingerprint density at radius 2 is 2.00 bits per heavy atom. The van der Waals surface area contributed by atoms with E-state index < -0.39 is 0 Å². The van der Waals surface area contributed by atoms with Gasteiger partial charge in [0, 0.05) is 16.3 Å². The van der Waals surface area contributed by atoms with E-state index in [1.54, 1.807) is 12.1 Å². The van der Waals surface area contributed by atoms with Gasteiger partial charge < -0.3 is 0 Å². The second kappa shape index (κ2) is 5.64. The van der Waals surface area contributed by atoms with Crippen LogP contribution in [-0.4, -0.2) is 9.38 Å². The third-order valence-corrected chi connectivity index (χ3v) is 4.21. The molecule has 1 aromatic carbocycles. The summed E-state index contributed by atoms with van der Waals surface area (Å²) in [5.74, 6) is -0.308. The zero-order valence-corrected chi connectivity index (χ0v) is 13.7. The van der Waals surface area contributed by atoms with E-state index in [9.17, 15) is 5.26 Å². The van der Waals surface area contributed by atoms with Crippen molar-refractivity contribution in [1.82, 2.24) is 9.38 Å². The maximum absolute atomic E-state index is 9.40. The molecule has 0 saturated carbocycles. The first-order chi connectivity index (χ1) is 10.5. The van der Waals surface area contributed by atoms with Crippen LogP contribution < -0.4 is 0 Å². The second-order valence-corrected chi connectivity index (χ2v) is 6.03. The number of nitriles is 1. The van der Waals surface area contributed by atoms with E-state index in [0.717, 1.165) is 28.3 Å². The molecule has 1 atom stereocenters. The summed E-state index contributed by atoms with van der Waals surface area (Å²) in [7, 11) is 0. The fourth-order valence-electron chi connectivity index (χ4n) is 2.62. The molecule has 0 bridgehead atoms. The SMILES string of the molecule is Cc1cccc2nc(-c3ccc(Cl)cc3Cl)c(C(C)C#N)n12. The van der Waals surface area contributed by atoms with Crippen LogP contribution in [0.2, 0.25) is 10.0 Å². The molecule has 0 radical (unpaired) electrons. The van der Waals surface area contributed by atoms with E-state index in [1.165, 1.54) is 0 Å². The third-order valence-electron chi connectivity index (χ3n) is 3.66. The summed E-state index contributed by atoms with van der Waals surface area (Å²) in [6.07, 6.45) is 0. The van der Waals surface area contributed by atoms with Gasteiger partial charge >= 0.3 is 0 Å². The van der Waals surface area contributed by atoms with Crippen LogP contribution in [0.1, 0.15) is 24.2 Å². The molecule has 3 nitrogen and oxygen atoms in total. The first kappa shape index (κ1) is 14.9. The van der Waals surface area contributed by atoms with Crippen LogP contribution in [0.5, 0.6) is 0 Å². The van der Waals surface area contributed by atoms with Gasteiger partial charge in [-0.3, -0.25) is 4.40 Å². The maximum Gasteiger partial charge on any atom is 0.137 e. The van der Waals surface area contributed by atoms with Crippen molar-refractivity contribution >= 4 is 28.8 Å². The molecule has 0 spiro atoms. The second-order valence-electron chi connectivity index (χ2n) is 5.18. The standard InChI is InChI=1S/C17H13Cl2N3/c1-10(9-20)17-16(13-7-6-12(18)8-14(13)19)21-15-5-3-4-11(2)22(15)17/h3-8,10H,1-2H3. The van der Waals surface area contributed by atoms with Crippen molar-refractivity contribution < 1.29 is 0 Å². The Labute approximate surface area is 138 Å². The molecule has 3 aromatic rings. The van der Waals surface area contributed by atoms with Gasteiger partial charge in [0.1, 0.15) is 5.65 Å². The lowest BCUT2D eigenvalue weighted by molar-refractivity contribution is 0.882. The maximum atomic E-state index is 9.40. The van der Waals surface area contributed by atoms with Gasteiger partial charge in [0.25, 0.3) is 0 Å². The fourth-order valence-corrected chi connectivity index (χ4v) is 3.12. The quantitative estimate of drug-likeness (QED) is 0.644. The molecule has 110 valence electrons. The van der Waals surface area contributed by atoms with Gasteiger partial charge in [0.15, 0.2) is 0 Å². The van der Waals surface area contributed by atoms with Crippen molar-refractivity contribution in [1.29, 1.82) is 5.26 Å². The Bertz CT molecular complexity index is 906. The van der Waals surface area contributed by atoms with E-state index in [2.05, 4.69) is 11.1 Å². The molecule has 0 amide bonds. The molecule has 3 rings (SSSR count). The van der Waals surface area contributed by atoms with E-state index in [1.807, 2.05) is 42.5 Å². The van der Waals surface area contributed by atoms with Gasteiger partial charge in [-0.1, -0.05) is 29.3 Å². The minimum absolute atomic E-state index is 0.308. The highest BCUT2D eigenvalue weighted by Crippen LogP contribution is 2.35. The van der Waals surface area contributed by atoms with Crippen molar-refractivity contribution in [2.45, 2.75) is 19.8 Å². The summed E-state index contributed by atoms with van der Waals surface area (Å²) in [5.41, 5.74) is 4.19. The van der Waals surface area contributed by atoms with Crippen molar-refractivity contribution in [3.63, 3.8) is 0 Å². The summed E-state index contributed by atoms with van der Waals surface area (Å²) in [6.45, 7) is 3.86. The highest BCUT2D eigenvalue weighted by molar-refractivity contribution is 6.36. The predicted octanol–water partition coefficient (Wildman–Crippen LogP) is 5.24. The molecular weight excluding hydrogens is 317 g/mol. The Morgan fingerprint density at radius 1 is 1.23 bits per heavy atom. The smallest absolute Gasteiger partial charge is 0.137 e. The molecular formula is C17H13Cl2N3. The van der Waals surface area contributed by atoms with E-state index >= 15 is 0 Å². The minimum Gasteiger partial charge on any atom is -0.299 e. The number of rotatable bonds is 2. The van der Waals surface area contributed by atoms with Crippen molar-refractivity contribution in [2.24, 2.45) is 0 Å². The van der Waals surface area contributed by atoms with E-state index in [-0.39, 0.29) is 5.92 Å². The number of hydrogen-bond donors (Lipinski definition) is 0. The third kappa shape index (κ3) is 2.35. The van der Waals surface area contributed by atoms with Crippen molar-refractivity contribution in [3.05, 3.63) is 57.8 Å². The van der Waals surface area contributed by atoms with Gasteiger partial charge in [-0.05, 0) is 44.2 Å². The Balaban J connectivity index is 2.39. The molecule has 1 unspecified atom stereocenters. The monoisotopic (exact) mass is 329 g/mol. The molecule has 22 heavy (non-hydrogen) atoms. The summed E-state index contributed by atoms with van der Waals surface area (Å²) in [4.78, 5) is 4.69. The first-order valence-corrected chi connectivity index (χ1v) is 7.61. The lowest BCUT2D eigenvalue weighted by Gasteiger charge is -2.10. The van der Waals surface area contributed by atoms with E-state index in [4.69, 9.17) is 23.2 Å². The van der Waals surface area contributed by atoms with Crippen LogP contribution in [0.25, 0.3) is 16.9 Å². The number of halogens is 2. The molecule has 2 heterocycles. The van der Waals surface area contributed by atoms with Crippen LogP contribution in [0.3, 0.4) is 0 Å². The first-order valence-electron chi connectivity index (χ1n) is 6.86. The number of fused-ring (bicyclic) bond motifs is 1. The van der Waals surface area contributed by atoms with Gasteiger partial charge in [0.05, 0.1) is 28.4 Å². The molecule has 0 aliphatic rings. The van der Waals surface area contributed by atoms with E-state index in [0.29, 0.717) is 10.0 Å². The number of nitrogens with zero attached hydrogens (tertiary/aromatic N) is 3. The predicted molar refractivity (Wildman–Crippen MR) is 89.4 cm³/mol. The Morgan fingerprint density at radius 3 is 2.68 bits per heavy atom. The fraction of sp³-hybridized carbons (Fsp3) is 0.176. The number of aryl methyl sites for hydroxylation is 1. The van der Waals surface area contributed by atoms with Gasteiger partial charge in [0.2, 0.25) is 0 Å². The van der Waals surface area contributed by atoms with Crippen molar-refractivity contribution in [3.8, 4) is 17.3 Å². The normalized spacial score (nSPS) is 12.3. The minimum atomic E-state index is -0.308. The summed E-state index contributed by atoms with van der Waals surface area (Å²) >= 11 is 12.3. The number of aromatic nitrogens is 2. The summed E-state index contributed by atoms with van der Waals surface area (Å²) in [5, 5.41) is 10.5. The number of benzene rings is 1. The van der Waals surface area contributed by atoms with Gasteiger partial charge in [-0.2, -0.15) is 5.26 Å².